The minimum absolute atomic E-state index is 0.0276. The predicted molar refractivity (Wildman–Crippen MR) is 82.1 cm³/mol. The molecular weight excluding hydrogens is 252 g/mol. The molecule has 0 radical (unpaired) electrons. The van der Waals surface area contributed by atoms with E-state index in [0.717, 1.165) is 23.3 Å². The van der Waals surface area contributed by atoms with Crippen LogP contribution in [0.1, 0.15) is 38.3 Å². The topological polar surface area (TPSA) is 50.7 Å². The van der Waals surface area contributed by atoms with Gasteiger partial charge in [-0.3, -0.25) is 4.79 Å². The molecule has 4 nitrogen and oxygen atoms in total. The molecule has 4 heteroatoms. The van der Waals surface area contributed by atoms with Crippen molar-refractivity contribution in [1.29, 1.82) is 0 Å². The molecule has 0 aliphatic rings. The maximum Gasteiger partial charge on any atom is 0.277 e. The van der Waals surface area contributed by atoms with Gasteiger partial charge < -0.3 is 4.74 Å². The molecule has 20 heavy (non-hydrogen) atoms. The molecule has 0 fully saturated rings. The number of nitrogens with zero attached hydrogens (tertiary/aromatic N) is 1. The maximum atomic E-state index is 11.7. The van der Waals surface area contributed by atoms with Crippen LogP contribution in [0.5, 0.6) is 5.75 Å². The highest BCUT2D eigenvalue weighted by atomic mass is 16.5. The van der Waals surface area contributed by atoms with Crippen LogP contribution in [-0.2, 0) is 4.79 Å². The lowest BCUT2D eigenvalue weighted by Crippen LogP contribution is -2.26. The predicted octanol–water partition coefficient (Wildman–Crippen LogP) is 3.22. The van der Waals surface area contributed by atoms with E-state index < -0.39 is 0 Å². The number of benzene rings is 1. The van der Waals surface area contributed by atoms with E-state index in [9.17, 15) is 4.79 Å². The molecule has 1 N–H and O–H groups in total. The standard InChI is InChI=1S/C16H24N2O2/c1-6-13(4)14(5)17-18-16(19)10-20-15-8-11(2)7-12(3)9-15/h7-9,13H,6,10H2,1-5H3,(H,18,19)/b17-14-/t13-/m1/s1. The van der Waals surface area contributed by atoms with Gasteiger partial charge >= 0.3 is 0 Å². The number of ether oxygens (including phenoxy) is 1. The first kappa shape index (κ1) is 16.2. The summed E-state index contributed by atoms with van der Waals surface area (Å²) in [6, 6.07) is 5.88. The molecule has 0 aliphatic heterocycles. The third-order valence-electron chi connectivity index (χ3n) is 3.25. The first-order valence-electron chi connectivity index (χ1n) is 6.96. The van der Waals surface area contributed by atoms with Gasteiger partial charge in [0, 0.05) is 5.71 Å². The van der Waals surface area contributed by atoms with Crippen molar-refractivity contribution in [1.82, 2.24) is 5.43 Å². The fraction of sp³-hybridized carbons (Fsp3) is 0.500. The molecule has 0 aliphatic carbocycles. The van der Waals surface area contributed by atoms with Gasteiger partial charge in [-0.15, -0.1) is 0 Å². The highest BCUT2D eigenvalue weighted by Gasteiger charge is 2.05. The van der Waals surface area contributed by atoms with Gasteiger partial charge in [0.1, 0.15) is 5.75 Å². The SMILES string of the molecule is CC[C@@H](C)/C(C)=N\NC(=O)COc1cc(C)cc(C)c1. The van der Waals surface area contributed by atoms with Gasteiger partial charge in [-0.1, -0.05) is 19.9 Å². The van der Waals surface area contributed by atoms with E-state index in [1.807, 2.05) is 32.9 Å². The number of carbonyl (C=O) groups excluding carboxylic acids is 1. The molecule has 0 bridgehead atoms. The number of nitrogens with one attached hydrogen (secondary N) is 1. The molecule has 1 amide bonds. The summed E-state index contributed by atoms with van der Waals surface area (Å²) in [6.45, 7) is 10.1. The van der Waals surface area contributed by atoms with E-state index in [1.54, 1.807) is 0 Å². The van der Waals surface area contributed by atoms with E-state index in [1.165, 1.54) is 0 Å². The van der Waals surface area contributed by atoms with Crippen molar-refractivity contribution >= 4 is 11.6 Å². The zero-order chi connectivity index (χ0) is 15.1. The highest BCUT2D eigenvalue weighted by molar-refractivity contribution is 5.86. The smallest absolute Gasteiger partial charge is 0.277 e. The van der Waals surface area contributed by atoms with Crippen LogP contribution in [0.4, 0.5) is 0 Å². The van der Waals surface area contributed by atoms with E-state index in [2.05, 4.69) is 30.4 Å². The first-order valence-corrected chi connectivity index (χ1v) is 6.96. The van der Waals surface area contributed by atoms with Gasteiger partial charge in [0.25, 0.3) is 5.91 Å². The molecule has 1 aromatic rings. The Morgan fingerprint density at radius 1 is 1.30 bits per heavy atom. The van der Waals surface area contributed by atoms with E-state index in [0.29, 0.717) is 11.7 Å². The number of amides is 1. The summed E-state index contributed by atoms with van der Waals surface area (Å²) in [6.07, 6.45) is 1.00. The van der Waals surface area contributed by atoms with Crippen molar-refractivity contribution in [2.45, 2.75) is 41.0 Å². The molecule has 1 atom stereocenters. The Balaban J connectivity index is 2.47. The zero-order valence-corrected chi connectivity index (χ0v) is 13.0. The largest absolute Gasteiger partial charge is 0.484 e. The van der Waals surface area contributed by atoms with Crippen LogP contribution in [0.3, 0.4) is 0 Å². The Morgan fingerprint density at radius 2 is 1.90 bits per heavy atom. The van der Waals surface area contributed by atoms with Gasteiger partial charge in [0.05, 0.1) is 0 Å². The fourth-order valence-electron chi connectivity index (χ4n) is 1.75. The molecule has 0 unspecified atom stereocenters. The third-order valence-corrected chi connectivity index (χ3v) is 3.25. The Hall–Kier alpha value is -1.84. The maximum absolute atomic E-state index is 11.7. The van der Waals surface area contributed by atoms with Crippen LogP contribution in [-0.4, -0.2) is 18.2 Å². The quantitative estimate of drug-likeness (QED) is 0.640. The Bertz CT molecular complexity index is 475. The van der Waals surface area contributed by atoms with Crippen molar-refractivity contribution in [3.8, 4) is 5.75 Å². The van der Waals surface area contributed by atoms with Gasteiger partial charge in [-0.25, -0.2) is 5.43 Å². The van der Waals surface area contributed by atoms with E-state index >= 15 is 0 Å². The summed E-state index contributed by atoms with van der Waals surface area (Å²) in [5.74, 6) is 0.836. The van der Waals surface area contributed by atoms with Crippen LogP contribution in [0.2, 0.25) is 0 Å². The minimum atomic E-state index is -0.244. The van der Waals surface area contributed by atoms with Crippen molar-refractivity contribution in [2.24, 2.45) is 11.0 Å². The lowest BCUT2D eigenvalue weighted by Gasteiger charge is -2.09. The first-order chi connectivity index (χ1) is 9.42. The molecule has 1 aromatic carbocycles. The third kappa shape index (κ3) is 5.43. The zero-order valence-electron chi connectivity index (χ0n) is 13.0. The molecule has 110 valence electrons. The van der Waals surface area contributed by atoms with Crippen LogP contribution in [0, 0.1) is 19.8 Å². The van der Waals surface area contributed by atoms with Crippen molar-refractivity contribution in [3.05, 3.63) is 29.3 Å². The van der Waals surface area contributed by atoms with Crippen molar-refractivity contribution in [2.75, 3.05) is 6.61 Å². The number of hydrogen-bond acceptors (Lipinski definition) is 3. The molecular formula is C16H24N2O2. The fourth-order valence-corrected chi connectivity index (χ4v) is 1.75. The van der Waals surface area contributed by atoms with E-state index in [4.69, 9.17) is 4.74 Å². The van der Waals surface area contributed by atoms with Crippen LogP contribution < -0.4 is 10.2 Å². The summed E-state index contributed by atoms with van der Waals surface area (Å²) in [7, 11) is 0. The average molecular weight is 276 g/mol. The Kier molecular flexibility index (Phi) is 6.22. The molecule has 1 rings (SSSR count). The lowest BCUT2D eigenvalue weighted by molar-refractivity contribution is -0.123. The van der Waals surface area contributed by atoms with E-state index in [-0.39, 0.29) is 12.5 Å². The molecule has 0 spiro atoms. The van der Waals surface area contributed by atoms with Crippen molar-refractivity contribution < 1.29 is 9.53 Å². The second kappa shape index (κ2) is 7.68. The number of aryl methyl sites for hydroxylation is 2. The number of hydrogen-bond donors (Lipinski definition) is 1. The van der Waals surface area contributed by atoms with Crippen LogP contribution >= 0.6 is 0 Å². The Morgan fingerprint density at radius 3 is 2.45 bits per heavy atom. The minimum Gasteiger partial charge on any atom is -0.484 e. The summed E-state index contributed by atoms with van der Waals surface area (Å²) >= 11 is 0. The monoisotopic (exact) mass is 276 g/mol. The van der Waals surface area contributed by atoms with Gasteiger partial charge in [0.15, 0.2) is 6.61 Å². The summed E-state index contributed by atoms with van der Waals surface area (Å²) in [5.41, 5.74) is 5.68. The van der Waals surface area contributed by atoms with Gasteiger partial charge in [0.2, 0.25) is 0 Å². The normalized spacial score (nSPS) is 12.9. The van der Waals surface area contributed by atoms with Crippen LogP contribution in [0.25, 0.3) is 0 Å². The summed E-state index contributed by atoms with van der Waals surface area (Å²) < 4.78 is 5.47. The summed E-state index contributed by atoms with van der Waals surface area (Å²) in [5, 5.41) is 4.08. The second-order valence-electron chi connectivity index (χ2n) is 5.21. The second-order valence-corrected chi connectivity index (χ2v) is 5.21. The number of rotatable bonds is 6. The average Bonchev–Trinajstić information content (AvgIpc) is 2.40. The van der Waals surface area contributed by atoms with Crippen LogP contribution in [0.15, 0.2) is 23.3 Å². The number of hydrazone groups is 1. The number of carbonyl (C=O) groups is 1. The van der Waals surface area contributed by atoms with Crippen molar-refractivity contribution in [3.63, 3.8) is 0 Å². The Labute approximate surface area is 121 Å². The van der Waals surface area contributed by atoms with Gasteiger partial charge in [-0.05, 0) is 56.4 Å². The molecule has 0 saturated carbocycles. The highest BCUT2D eigenvalue weighted by Crippen LogP contribution is 2.15. The molecule has 0 saturated heterocycles. The lowest BCUT2D eigenvalue weighted by atomic mass is 10.1. The molecule has 0 aromatic heterocycles. The summed E-state index contributed by atoms with van der Waals surface area (Å²) in [4.78, 5) is 11.7. The van der Waals surface area contributed by atoms with Gasteiger partial charge in [-0.2, -0.15) is 5.10 Å². The molecule has 0 heterocycles.